The molecule has 1 aliphatic rings. The molecule has 0 bridgehead atoms. The fourth-order valence-corrected chi connectivity index (χ4v) is 3.00. The van der Waals surface area contributed by atoms with Gasteiger partial charge in [0, 0.05) is 19.2 Å². The zero-order valence-electron chi connectivity index (χ0n) is 8.10. The van der Waals surface area contributed by atoms with Crippen LogP contribution >= 0.6 is 0 Å². The fourth-order valence-electron chi connectivity index (χ4n) is 1.44. The van der Waals surface area contributed by atoms with Crippen molar-refractivity contribution in [2.75, 3.05) is 13.1 Å². The molecule has 1 aromatic carbocycles. The predicted octanol–water partition coefficient (Wildman–Crippen LogP) is 0.330. The van der Waals surface area contributed by atoms with Crippen LogP contribution in [0.5, 0.6) is 0 Å². The molecule has 1 heterocycles. The molecule has 0 atom stereocenters. The Morgan fingerprint density at radius 2 is 1.69 bits per heavy atom. The molecule has 0 saturated carbocycles. The van der Waals surface area contributed by atoms with E-state index in [4.69, 9.17) is 5.11 Å². The molecule has 0 spiro atoms. The summed E-state index contributed by atoms with van der Waals surface area (Å²) in [7, 11) is -3.89. The first-order chi connectivity index (χ1) is 7.39. The molecule has 1 fully saturated rings. The van der Waals surface area contributed by atoms with Crippen LogP contribution in [0, 0.1) is 11.6 Å². The van der Waals surface area contributed by atoms with Crippen molar-refractivity contribution in [3.8, 4) is 0 Å². The van der Waals surface area contributed by atoms with Gasteiger partial charge in [-0.05, 0) is 12.1 Å². The van der Waals surface area contributed by atoms with E-state index in [0.717, 1.165) is 16.4 Å². The second kappa shape index (κ2) is 3.76. The minimum Gasteiger partial charge on any atom is -0.390 e. The summed E-state index contributed by atoms with van der Waals surface area (Å²) < 4.78 is 50.2. The van der Waals surface area contributed by atoms with Gasteiger partial charge in [-0.1, -0.05) is 0 Å². The summed E-state index contributed by atoms with van der Waals surface area (Å²) in [6, 6.07) is 2.11. The van der Waals surface area contributed by atoms with Gasteiger partial charge in [-0.25, -0.2) is 17.2 Å². The largest absolute Gasteiger partial charge is 0.390 e. The Kier molecular flexibility index (Phi) is 2.69. The fraction of sp³-hybridized carbons (Fsp3) is 0.333. The van der Waals surface area contributed by atoms with E-state index in [2.05, 4.69) is 0 Å². The standard InChI is InChI=1S/C9H9F2NO3S/c10-6-1-7(11)3-9(2-6)16(14,15)12-4-8(13)5-12/h1-3,8,13H,4-5H2. The molecule has 4 nitrogen and oxygen atoms in total. The molecular weight excluding hydrogens is 240 g/mol. The maximum Gasteiger partial charge on any atom is 0.243 e. The number of rotatable bonds is 2. The van der Waals surface area contributed by atoms with Crippen molar-refractivity contribution in [3.05, 3.63) is 29.8 Å². The Hall–Kier alpha value is -1.05. The van der Waals surface area contributed by atoms with E-state index in [1.165, 1.54) is 0 Å². The Balaban J connectivity index is 2.36. The molecule has 0 amide bonds. The summed E-state index contributed by atoms with van der Waals surface area (Å²) in [5.41, 5.74) is 0. The lowest BCUT2D eigenvalue weighted by Crippen LogP contribution is -2.53. The molecule has 0 aromatic heterocycles. The van der Waals surface area contributed by atoms with Crippen molar-refractivity contribution in [3.63, 3.8) is 0 Å². The van der Waals surface area contributed by atoms with E-state index in [1.54, 1.807) is 0 Å². The molecule has 2 rings (SSSR count). The van der Waals surface area contributed by atoms with Crippen LogP contribution in [0.1, 0.15) is 0 Å². The Labute approximate surface area is 91.2 Å². The van der Waals surface area contributed by atoms with E-state index < -0.39 is 32.7 Å². The normalized spacial score (nSPS) is 18.4. The molecule has 1 N–H and O–H groups in total. The van der Waals surface area contributed by atoms with Crippen molar-refractivity contribution in [1.82, 2.24) is 4.31 Å². The number of β-amino-alcohol motifs (C(OH)–C–C–N with tert-alkyl or cyclic N) is 1. The van der Waals surface area contributed by atoms with Crippen LogP contribution in [-0.4, -0.2) is 37.0 Å². The number of hydrogen-bond acceptors (Lipinski definition) is 3. The highest BCUT2D eigenvalue weighted by atomic mass is 32.2. The number of nitrogens with zero attached hydrogens (tertiary/aromatic N) is 1. The van der Waals surface area contributed by atoms with Gasteiger partial charge in [0.2, 0.25) is 10.0 Å². The Morgan fingerprint density at radius 3 is 2.12 bits per heavy atom. The third kappa shape index (κ3) is 1.93. The third-order valence-electron chi connectivity index (χ3n) is 2.30. The van der Waals surface area contributed by atoms with Gasteiger partial charge < -0.3 is 5.11 Å². The van der Waals surface area contributed by atoms with Crippen molar-refractivity contribution < 1.29 is 22.3 Å². The molecule has 1 aromatic rings. The van der Waals surface area contributed by atoms with Gasteiger partial charge in [0.05, 0.1) is 11.0 Å². The lowest BCUT2D eigenvalue weighted by molar-refractivity contribution is 0.0547. The molecule has 0 radical (unpaired) electrons. The molecule has 1 aliphatic heterocycles. The molecule has 0 unspecified atom stereocenters. The number of halogens is 2. The van der Waals surface area contributed by atoms with Crippen LogP contribution in [0.25, 0.3) is 0 Å². The van der Waals surface area contributed by atoms with E-state index in [9.17, 15) is 17.2 Å². The first-order valence-corrected chi connectivity index (χ1v) is 5.98. The van der Waals surface area contributed by atoms with Crippen LogP contribution in [-0.2, 0) is 10.0 Å². The smallest absolute Gasteiger partial charge is 0.243 e. The van der Waals surface area contributed by atoms with Gasteiger partial charge in [-0.3, -0.25) is 0 Å². The van der Waals surface area contributed by atoms with E-state index >= 15 is 0 Å². The van der Waals surface area contributed by atoms with Gasteiger partial charge in [0.15, 0.2) is 0 Å². The highest BCUT2D eigenvalue weighted by molar-refractivity contribution is 7.89. The average molecular weight is 249 g/mol. The molecular formula is C9H9F2NO3S. The first-order valence-electron chi connectivity index (χ1n) is 4.54. The van der Waals surface area contributed by atoms with E-state index in [0.29, 0.717) is 6.07 Å². The third-order valence-corrected chi connectivity index (χ3v) is 4.11. The van der Waals surface area contributed by atoms with Gasteiger partial charge in [0.25, 0.3) is 0 Å². The topological polar surface area (TPSA) is 57.6 Å². The van der Waals surface area contributed by atoms with Crippen molar-refractivity contribution in [1.29, 1.82) is 0 Å². The van der Waals surface area contributed by atoms with E-state index in [1.807, 2.05) is 0 Å². The average Bonchev–Trinajstić information content (AvgIpc) is 2.11. The maximum absolute atomic E-state index is 12.8. The minimum atomic E-state index is -3.89. The zero-order chi connectivity index (χ0) is 11.9. The number of hydrogen-bond donors (Lipinski definition) is 1. The lowest BCUT2D eigenvalue weighted by atomic mass is 10.2. The van der Waals surface area contributed by atoms with Crippen LogP contribution in [0.3, 0.4) is 0 Å². The van der Waals surface area contributed by atoms with Gasteiger partial charge in [-0.2, -0.15) is 4.31 Å². The second-order valence-electron chi connectivity index (χ2n) is 3.58. The van der Waals surface area contributed by atoms with Crippen LogP contribution in [0.2, 0.25) is 0 Å². The number of aliphatic hydroxyl groups is 1. The monoisotopic (exact) mass is 249 g/mol. The predicted molar refractivity (Wildman–Crippen MR) is 51.1 cm³/mol. The van der Waals surface area contributed by atoms with Crippen LogP contribution in [0.4, 0.5) is 8.78 Å². The summed E-state index contributed by atoms with van der Waals surface area (Å²) in [4.78, 5) is -0.433. The molecule has 88 valence electrons. The summed E-state index contributed by atoms with van der Waals surface area (Å²) >= 11 is 0. The van der Waals surface area contributed by atoms with Crippen LogP contribution in [0.15, 0.2) is 23.1 Å². The highest BCUT2D eigenvalue weighted by Crippen LogP contribution is 2.22. The molecule has 1 saturated heterocycles. The van der Waals surface area contributed by atoms with Crippen molar-refractivity contribution in [2.24, 2.45) is 0 Å². The number of sulfonamides is 1. The molecule has 16 heavy (non-hydrogen) atoms. The zero-order valence-corrected chi connectivity index (χ0v) is 8.92. The highest BCUT2D eigenvalue weighted by Gasteiger charge is 2.35. The van der Waals surface area contributed by atoms with Gasteiger partial charge in [0.1, 0.15) is 11.6 Å². The SMILES string of the molecule is O=S(=O)(c1cc(F)cc(F)c1)N1CC(O)C1. The van der Waals surface area contributed by atoms with E-state index in [-0.39, 0.29) is 13.1 Å². The second-order valence-corrected chi connectivity index (χ2v) is 5.52. The van der Waals surface area contributed by atoms with Crippen molar-refractivity contribution >= 4 is 10.0 Å². The number of aliphatic hydroxyl groups excluding tert-OH is 1. The first kappa shape index (κ1) is 11.4. The Bertz CT molecular complexity index is 491. The molecule has 0 aliphatic carbocycles. The summed E-state index contributed by atoms with van der Waals surface area (Å²) in [5, 5.41) is 8.98. The van der Waals surface area contributed by atoms with Gasteiger partial charge in [-0.15, -0.1) is 0 Å². The lowest BCUT2D eigenvalue weighted by Gasteiger charge is -2.34. The maximum atomic E-state index is 12.8. The summed E-state index contributed by atoms with van der Waals surface area (Å²) in [6.45, 7) is -0.0824. The summed E-state index contributed by atoms with van der Waals surface area (Å²) in [5.74, 6) is -1.89. The quantitative estimate of drug-likeness (QED) is 0.821. The molecule has 7 heteroatoms. The van der Waals surface area contributed by atoms with Crippen molar-refractivity contribution in [2.45, 2.75) is 11.0 Å². The number of benzene rings is 1. The summed E-state index contributed by atoms with van der Waals surface area (Å²) in [6.07, 6.45) is -0.701. The van der Waals surface area contributed by atoms with Gasteiger partial charge >= 0.3 is 0 Å². The minimum absolute atomic E-state index is 0.0412. The van der Waals surface area contributed by atoms with Crippen LogP contribution < -0.4 is 0 Å². The Morgan fingerprint density at radius 1 is 1.19 bits per heavy atom.